The van der Waals surface area contributed by atoms with Crippen molar-refractivity contribution in [3.8, 4) is 0 Å². The first-order valence-electron chi connectivity index (χ1n) is 5.52. The van der Waals surface area contributed by atoms with Crippen LogP contribution in [0.1, 0.15) is 18.5 Å². The van der Waals surface area contributed by atoms with Crippen molar-refractivity contribution in [1.82, 2.24) is 9.55 Å². The minimum atomic E-state index is 0.328. The lowest BCUT2D eigenvalue weighted by molar-refractivity contribution is 0.0399. The van der Waals surface area contributed by atoms with Crippen molar-refractivity contribution in [3.63, 3.8) is 0 Å². The van der Waals surface area contributed by atoms with E-state index in [2.05, 4.69) is 16.5 Å². The van der Waals surface area contributed by atoms with Crippen molar-refractivity contribution in [2.75, 3.05) is 19.8 Å². The molecule has 0 N–H and O–H groups in total. The number of aromatic nitrogens is 2. The Hall–Kier alpha value is -0.870. The summed E-state index contributed by atoms with van der Waals surface area (Å²) in [4.78, 5) is 4.08. The van der Waals surface area contributed by atoms with E-state index < -0.39 is 0 Å². The van der Waals surface area contributed by atoms with Crippen LogP contribution in [-0.2, 0) is 16.0 Å². The zero-order valence-electron chi connectivity index (χ0n) is 9.19. The molecule has 0 spiro atoms. The van der Waals surface area contributed by atoms with E-state index in [1.165, 1.54) is 5.69 Å². The molecule has 1 unspecified atom stereocenters. The quantitative estimate of drug-likeness (QED) is 0.689. The summed E-state index contributed by atoms with van der Waals surface area (Å²) in [5.74, 6) is 0. The summed E-state index contributed by atoms with van der Waals surface area (Å²) in [6.45, 7) is 5.49. The highest BCUT2D eigenvalue weighted by atomic mass is 16.5. The van der Waals surface area contributed by atoms with Crippen LogP contribution in [0.2, 0.25) is 0 Å². The number of imidazole rings is 1. The number of nitrogens with zero attached hydrogens (tertiary/aromatic N) is 2. The highest BCUT2D eigenvalue weighted by Gasteiger charge is 2.15. The van der Waals surface area contributed by atoms with Crippen LogP contribution in [0.15, 0.2) is 12.5 Å². The van der Waals surface area contributed by atoms with Gasteiger partial charge in [0.2, 0.25) is 0 Å². The fourth-order valence-corrected chi connectivity index (χ4v) is 1.75. The van der Waals surface area contributed by atoms with Gasteiger partial charge in [0, 0.05) is 31.6 Å². The second-order valence-electron chi connectivity index (χ2n) is 3.94. The molecule has 1 aromatic heterocycles. The van der Waals surface area contributed by atoms with Gasteiger partial charge in [-0.2, -0.15) is 0 Å². The van der Waals surface area contributed by atoms with Crippen molar-refractivity contribution >= 4 is 0 Å². The lowest BCUT2D eigenvalue weighted by Crippen LogP contribution is -2.14. The van der Waals surface area contributed by atoms with Crippen LogP contribution in [0.3, 0.4) is 0 Å². The maximum Gasteiger partial charge on any atom is 0.0948 e. The third-order valence-electron chi connectivity index (χ3n) is 2.71. The minimum Gasteiger partial charge on any atom is -0.379 e. The second kappa shape index (κ2) is 5.28. The summed E-state index contributed by atoms with van der Waals surface area (Å²) in [5, 5.41) is 0. The van der Waals surface area contributed by atoms with Crippen LogP contribution in [0.4, 0.5) is 0 Å². The van der Waals surface area contributed by atoms with Gasteiger partial charge in [-0.1, -0.05) is 0 Å². The molecule has 1 aliphatic rings. The standard InChI is InChI=1S/C11H18N2O2/c1-10-7-12-9-13(10)4-2-5-15-11-3-6-14-8-11/h7,9,11H,2-6,8H2,1H3. The number of aryl methyl sites for hydroxylation is 2. The molecule has 0 radical (unpaired) electrons. The predicted molar refractivity (Wildman–Crippen MR) is 56.8 cm³/mol. The Morgan fingerprint density at radius 1 is 1.67 bits per heavy atom. The van der Waals surface area contributed by atoms with E-state index in [1.807, 2.05) is 12.5 Å². The second-order valence-corrected chi connectivity index (χ2v) is 3.94. The molecule has 1 aliphatic heterocycles. The predicted octanol–water partition coefficient (Wildman–Crippen LogP) is 1.39. The summed E-state index contributed by atoms with van der Waals surface area (Å²) >= 11 is 0. The maximum absolute atomic E-state index is 5.68. The molecule has 1 atom stereocenters. The molecule has 0 saturated carbocycles. The van der Waals surface area contributed by atoms with Crippen LogP contribution >= 0.6 is 0 Å². The largest absolute Gasteiger partial charge is 0.379 e. The molecule has 1 saturated heterocycles. The topological polar surface area (TPSA) is 36.3 Å². The summed E-state index contributed by atoms with van der Waals surface area (Å²) in [6.07, 6.45) is 6.16. The highest BCUT2D eigenvalue weighted by Crippen LogP contribution is 2.08. The van der Waals surface area contributed by atoms with E-state index in [-0.39, 0.29) is 0 Å². The Balaban J connectivity index is 1.60. The molecule has 2 rings (SSSR count). The first-order chi connectivity index (χ1) is 7.36. The van der Waals surface area contributed by atoms with Crippen LogP contribution in [-0.4, -0.2) is 35.5 Å². The fourth-order valence-electron chi connectivity index (χ4n) is 1.75. The van der Waals surface area contributed by atoms with Gasteiger partial charge in [-0.05, 0) is 19.8 Å². The smallest absolute Gasteiger partial charge is 0.0948 e. The number of ether oxygens (including phenoxy) is 2. The molecule has 0 aromatic carbocycles. The zero-order chi connectivity index (χ0) is 10.5. The Kier molecular flexibility index (Phi) is 3.75. The van der Waals surface area contributed by atoms with Gasteiger partial charge in [0.05, 0.1) is 19.0 Å². The van der Waals surface area contributed by atoms with Crippen LogP contribution in [0.25, 0.3) is 0 Å². The summed E-state index contributed by atoms with van der Waals surface area (Å²) in [7, 11) is 0. The van der Waals surface area contributed by atoms with Gasteiger partial charge < -0.3 is 14.0 Å². The van der Waals surface area contributed by atoms with E-state index in [9.17, 15) is 0 Å². The molecule has 1 aromatic rings. The Morgan fingerprint density at radius 3 is 3.27 bits per heavy atom. The van der Waals surface area contributed by atoms with Crippen molar-refractivity contribution in [2.45, 2.75) is 32.4 Å². The number of rotatable bonds is 5. The normalized spacial score (nSPS) is 21.0. The Bertz CT molecular complexity index is 293. The van der Waals surface area contributed by atoms with E-state index in [4.69, 9.17) is 9.47 Å². The van der Waals surface area contributed by atoms with Gasteiger partial charge in [-0.25, -0.2) is 4.98 Å². The van der Waals surface area contributed by atoms with Crippen LogP contribution < -0.4 is 0 Å². The van der Waals surface area contributed by atoms with Gasteiger partial charge in [-0.3, -0.25) is 0 Å². The molecule has 0 bridgehead atoms. The van der Waals surface area contributed by atoms with Gasteiger partial charge in [-0.15, -0.1) is 0 Å². The van der Waals surface area contributed by atoms with Crippen molar-refractivity contribution in [3.05, 3.63) is 18.2 Å². The summed E-state index contributed by atoms with van der Waals surface area (Å²) in [5.41, 5.74) is 1.21. The first kappa shape index (κ1) is 10.6. The molecule has 4 nitrogen and oxygen atoms in total. The van der Waals surface area contributed by atoms with Gasteiger partial charge >= 0.3 is 0 Å². The fraction of sp³-hybridized carbons (Fsp3) is 0.727. The highest BCUT2D eigenvalue weighted by molar-refractivity contribution is 4.93. The average Bonchev–Trinajstić information content (AvgIpc) is 2.85. The molecule has 84 valence electrons. The lowest BCUT2D eigenvalue weighted by Gasteiger charge is -2.10. The zero-order valence-corrected chi connectivity index (χ0v) is 9.19. The monoisotopic (exact) mass is 210 g/mol. The van der Waals surface area contributed by atoms with Crippen LogP contribution in [0, 0.1) is 6.92 Å². The van der Waals surface area contributed by atoms with Crippen molar-refractivity contribution < 1.29 is 9.47 Å². The van der Waals surface area contributed by atoms with Gasteiger partial charge in [0.1, 0.15) is 0 Å². The molecular weight excluding hydrogens is 192 g/mol. The average molecular weight is 210 g/mol. The van der Waals surface area contributed by atoms with Crippen molar-refractivity contribution in [2.24, 2.45) is 0 Å². The Morgan fingerprint density at radius 2 is 2.60 bits per heavy atom. The molecule has 0 aliphatic carbocycles. The summed E-state index contributed by atoms with van der Waals surface area (Å²) in [6, 6.07) is 0. The van der Waals surface area contributed by atoms with E-state index >= 15 is 0 Å². The Labute approximate surface area is 90.2 Å². The molecule has 15 heavy (non-hydrogen) atoms. The number of hydrogen-bond donors (Lipinski definition) is 0. The minimum absolute atomic E-state index is 0.328. The maximum atomic E-state index is 5.68. The molecular formula is C11H18N2O2. The first-order valence-corrected chi connectivity index (χ1v) is 5.52. The van der Waals surface area contributed by atoms with Gasteiger partial charge in [0.25, 0.3) is 0 Å². The summed E-state index contributed by atoms with van der Waals surface area (Å²) < 4.78 is 13.1. The molecule has 2 heterocycles. The van der Waals surface area contributed by atoms with E-state index in [0.29, 0.717) is 6.10 Å². The van der Waals surface area contributed by atoms with Crippen LogP contribution in [0.5, 0.6) is 0 Å². The third kappa shape index (κ3) is 3.04. The van der Waals surface area contributed by atoms with Gasteiger partial charge in [0.15, 0.2) is 0 Å². The number of hydrogen-bond acceptors (Lipinski definition) is 3. The molecule has 4 heteroatoms. The third-order valence-corrected chi connectivity index (χ3v) is 2.71. The molecule has 1 fully saturated rings. The SMILES string of the molecule is Cc1cncn1CCCOC1CCOC1. The van der Waals surface area contributed by atoms with Crippen molar-refractivity contribution in [1.29, 1.82) is 0 Å². The lowest BCUT2D eigenvalue weighted by atomic mass is 10.3. The van der Waals surface area contributed by atoms with E-state index in [1.54, 1.807) is 0 Å². The molecule has 0 amide bonds. The van der Waals surface area contributed by atoms with E-state index in [0.717, 1.165) is 39.2 Å².